The molecule has 1 aliphatic carbocycles. The van der Waals surface area contributed by atoms with Crippen molar-refractivity contribution in [2.24, 2.45) is 16.6 Å². The van der Waals surface area contributed by atoms with Crippen molar-refractivity contribution < 1.29 is 9.59 Å². The van der Waals surface area contributed by atoms with Gasteiger partial charge in [-0.15, -0.1) is 0 Å². The van der Waals surface area contributed by atoms with Crippen molar-refractivity contribution in [2.45, 2.75) is 58.4 Å². The van der Waals surface area contributed by atoms with Gasteiger partial charge in [-0.25, -0.2) is 0 Å². The van der Waals surface area contributed by atoms with E-state index in [0.717, 1.165) is 49.5 Å². The number of hydrogen-bond acceptors (Lipinski definition) is 4. The minimum atomic E-state index is -0.139. The average molecular weight is 490 g/mol. The Balaban J connectivity index is 0.000000197. The maximum Gasteiger partial charge on any atom is 0.250 e. The van der Waals surface area contributed by atoms with Gasteiger partial charge >= 0.3 is 0 Å². The predicted octanol–water partition coefficient (Wildman–Crippen LogP) is 3.90. The monoisotopic (exact) mass is 489 g/mol. The standard InChI is InChI=1S/C19H21N3O.C10H18N2O/c1-11-3-4-14(9-12(11)2)15-7-8-16(17(20)10-15)18(21)22-19(23)13-5-6-13;13-9-11-7-3-10(4-8-11)12-5-1-2-6-12/h3-4,7-10,13H,5-6,20H2,1-2H3,(H2,21,22,23);9-10H,1-8H2. The summed E-state index contributed by atoms with van der Waals surface area (Å²) in [6.45, 7) is 8.67. The summed E-state index contributed by atoms with van der Waals surface area (Å²) < 4.78 is 0. The molecule has 2 saturated heterocycles. The molecule has 3 fully saturated rings. The van der Waals surface area contributed by atoms with E-state index in [1.54, 1.807) is 0 Å². The van der Waals surface area contributed by atoms with Gasteiger partial charge in [-0.3, -0.25) is 9.59 Å². The molecule has 1 saturated carbocycles. The van der Waals surface area contributed by atoms with Crippen molar-refractivity contribution in [1.29, 1.82) is 0 Å². The van der Waals surface area contributed by atoms with E-state index in [1.165, 1.54) is 49.9 Å². The quantitative estimate of drug-likeness (QED) is 0.287. The number of nitrogen functional groups attached to an aromatic ring is 1. The van der Waals surface area contributed by atoms with E-state index in [2.05, 4.69) is 41.9 Å². The van der Waals surface area contributed by atoms with Crippen molar-refractivity contribution in [1.82, 2.24) is 9.80 Å². The van der Waals surface area contributed by atoms with Gasteiger partial charge in [0, 0.05) is 36.3 Å². The summed E-state index contributed by atoms with van der Waals surface area (Å²) in [4.78, 5) is 30.7. The topological polar surface area (TPSA) is 105 Å². The van der Waals surface area contributed by atoms with Crippen LogP contribution in [0.2, 0.25) is 0 Å². The predicted molar refractivity (Wildman–Crippen MR) is 146 cm³/mol. The van der Waals surface area contributed by atoms with Gasteiger partial charge in [-0.1, -0.05) is 24.3 Å². The van der Waals surface area contributed by atoms with Crippen molar-refractivity contribution in [2.75, 3.05) is 31.9 Å². The molecule has 3 aliphatic rings. The molecule has 0 aromatic heterocycles. The second-order valence-electron chi connectivity index (χ2n) is 10.3. The summed E-state index contributed by atoms with van der Waals surface area (Å²) in [5.41, 5.74) is 17.8. The molecule has 192 valence electrons. The molecule has 4 N–H and O–H groups in total. The van der Waals surface area contributed by atoms with Crippen molar-refractivity contribution in [3.8, 4) is 11.1 Å². The van der Waals surface area contributed by atoms with Crippen LogP contribution in [-0.2, 0) is 9.59 Å². The van der Waals surface area contributed by atoms with Gasteiger partial charge in [-0.2, -0.15) is 4.99 Å². The number of nitrogens with zero attached hydrogens (tertiary/aromatic N) is 3. The number of amidine groups is 1. The Labute approximate surface area is 214 Å². The first-order valence-corrected chi connectivity index (χ1v) is 13.1. The highest BCUT2D eigenvalue weighted by molar-refractivity contribution is 6.08. The summed E-state index contributed by atoms with van der Waals surface area (Å²) in [7, 11) is 0. The van der Waals surface area contributed by atoms with Crippen LogP contribution in [0.5, 0.6) is 0 Å². The largest absolute Gasteiger partial charge is 0.398 e. The Morgan fingerprint density at radius 1 is 0.917 bits per heavy atom. The normalized spacial score (nSPS) is 19.1. The SMILES string of the molecule is Cc1ccc(-c2ccc(C(N)=NC(=O)C3CC3)c(N)c2)cc1C.O=CN1CCC(N2CCCC2)CC1. The zero-order valence-corrected chi connectivity index (χ0v) is 21.6. The first kappa shape index (κ1) is 25.9. The number of carbonyl (C=O) groups is 2. The zero-order valence-electron chi connectivity index (χ0n) is 21.6. The summed E-state index contributed by atoms with van der Waals surface area (Å²) in [5.74, 6) is 0.121. The lowest BCUT2D eigenvalue weighted by molar-refractivity contribution is -0.120. The minimum absolute atomic E-state index is 0.0598. The van der Waals surface area contributed by atoms with E-state index < -0.39 is 0 Å². The van der Waals surface area contributed by atoms with Gasteiger partial charge in [-0.05, 0) is 99.8 Å². The Bertz CT molecular complexity index is 1110. The summed E-state index contributed by atoms with van der Waals surface area (Å²) >= 11 is 0. The van der Waals surface area contributed by atoms with E-state index in [-0.39, 0.29) is 17.7 Å². The first-order valence-electron chi connectivity index (χ1n) is 13.1. The fourth-order valence-corrected chi connectivity index (χ4v) is 4.96. The third-order valence-electron chi connectivity index (χ3n) is 7.63. The number of amides is 2. The molecule has 2 aromatic carbocycles. The fraction of sp³-hybridized carbons (Fsp3) is 0.483. The molecular weight excluding hydrogens is 450 g/mol. The Kier molecular flexibility index (Phi) is 8.41. The van der Waals surface area contributed by atoms with Gasteiger partial charge < -0.3 is 21.3 Å². The highest BCUT2D eigenvalue weighted by Gasteiger charge is 2.29. The lowest BCUT2D eigenvalue weighted by atomic mass is 9.98. The van der Waals surface area contributed by atoms with E-state index >= 15 is 0 Å². The zero-order chi connectivity index (χ0) is 25.7. The van der Waals surface area contributed by atoms with Crippen LogP contribution < -0.4 is 11.5 Å². The van der Waals surface area contributed by atoms with Gasteiger partial charge in [0.1, 0.15) is 5.84 Å². The molecule has 7 heteroatoms. The lowest BCUT2D eigenvalue weighted by Crippen LogP contribution is -2.43. The van der Waals surface area contributed by atoms with Crippen LogP contribution in [0, 0.1) is 19.8 Å². The number of aryl methyl sites for hydroxylation is 2. The molecule has 2 aliphatic heterocycles. The van der Waals surface area contributed by atoms with Gasteiger partial charge in [0.2, 0.25) is 6.41 Å². The number of benzene rings is 2. The molecule has 2 heterocycles. The summed E-state index contributed by atoms with van der Waals surface area (Å²) in [5, 5.41) is 0. The van der Waals surface area contributed by atoms with Crippen LogP contribution in [0.25, 0.3) is 11.1 Å². The molecular formula is C29H39N5O2. The maximum absolute atomic E-state index is 11.7. The number of nitrogens with two attached hydrogens (primary N) is 2. The maximum atomic E-state index is 11.7. The fourth-order valence-electron chi connectivity index (χ4n) is 4.96. The molecule has 5 rings (SSSR count). The number of anilines is 1. The Morgan fingerprint density at radius 2 is 1.56 bits per heavy atom. The molecule has 0 radical (unpaired) electrons. The second-order valence-corrected chi connectivity index (χ2v) is 10.3. The highest BCUT2D eigenvalue weighted by Crippen LogP contribution is 2.31. The minimum Gasteiger partial charge on any atom is -0.398 e. The first-order chi connectivity index (χ1) is 17.4. The average Bonchev–Trinajstić information content (AvgIpc) is 3.60. The van der Waals surface area contributed by atoms with Crippen molar-refractivity contribution in [3.63, 3.8) is 0 Å². The van der Waals surface area contributed by atoms with E-state index in [0.29, 0.717) is 11.3 Å². The van der Waals surface area contributed by atoms with Crippen LogP contribution in [0.4, 0.5) is 5.69 Å². The number of rotatable bonds is 5. The molecule has 0 spiro atoms. The molecule has 36 heavy (non-hydrogen) atoms. The Hall–Kier alpha value is -3.19. The number of piperidine rings is 1. The number of aliphatic imine (C=N–C) groups is 1. The van der Waals surface area contributed by atoms with Gasteiger partial charge in [0.15, 0.2) is 0 Å². The summed E-state index contributed by atoms with van der Waals surface area (Å²) in [6.07, 6.45) is 7.91. The summed E-state index contributed by atoms with van der Waals surface area (Å²) in [6, 6.07) is 12.7. The Morgan fingerprint density at radius 3 is 2.14 bits per heavy atom. The molecule has 7 nitrogen and oxygen atoms in total. The highest BCUT2D eigenvalue weighted by atomic mass is 16.1. The van der Waals surface area contributed by atoms with Crippen LogP contribution in [-0.4, -0.2) is 60.2 Å². The second kappa shape index (κ2) is 11.7. The number of hydrogen-bond donors (Lipinski definition) is 2. The van der Waals surface area contributed by atoms with E-state index in [9.17, 15) is 9.59 Å². The van der Waals surface area contributed by atoms with Crippen LogP contribution in [0.15, 0.2) is 41.4 Å². The third-order valence-corrected chi connectivity index (χ3v) is 7.63. The van der Waals surface area contributed by atoms with Crippen molar-refractivity contribution in [3.05, 3.63) is 53.1 Å². The number of likely N-dealkylation sites (tertiary alicyclic amines) is 2. The number of carbonyl (C=O) groups excluding carboxylic acids is 2. The van der Waals surface area contributed by atoms with Gasteiger partial charge in [0.05, 0.1) is 0 Å². The van der Waals surface area contributed by atoms with Gasteiger partial charge in [0.25, 0.3) is 5.91 Å². The lowest BCUT2D eigenvalue weighted by Gasteiger charge is -2.34. The third kappa shape index (κ3) is 6.52. The van der Waals surface area contributed by atoms with E-state index in [1.807, 2.05) is 23.1 Å². The molecule has 0 unspecified atom stereocenters. The van der Waals surface area contributed by atoms with Crippen LogP contribution in [0.3, 0.4) is 0 Å². The van der Waals surface area contributed by atoms with Crippen LogP contribution in [0.1, 0.15) is 55.2 Å². The molecule has 2 aromatic rings. The molecule has 0 bridgehead atoms. The van der Waals surface area contributed by atoms with E-state index in [4.69, 9.17) is 11.5 Å². The molecule has 0 atom stereocenters. The van der Waals surface area contributed by atoms with Crippen molar-refractivity contribution >= 4 is 23.8 Å². The molecule has 2 amide bonds. The smallest absolute Gasteiger partial charge is 0.250 e. The van der Waals surface area contributed by atoms with Crippen LogP contribution >= 0.6 is 0 Å².